The molecule has 1 aliphatic heterocycles. The van der Waals surface area contributed by atoms with E-state index in [1.54, 1.807) is 17.5 Å². The number of nitrogens with zero attached hydrogens (tertiary/aromatic N) is 1. The number of thiazole rings is 1. The predicted molar refractivity (Wildman–Crippen MR) is 53.3 cm³/mol. The number of rotatable bonds is 2. The van der Waals surface area contributed by atoms with Crippen LogP contribution in [-0.2, 0) is 9.53 Å². The maximum Gasteiger partial charge on any atom is 0.322 e. The maximum absolute atomic E-state index is 11.2. The highest BCUT2D eigenvalue weighted by molar-refractivity contribution is 7.09. The van der Waals surface area contributed by atoms with Crippen LogP contribution in [0.2, 0.25) is 0 Å². The van der Waals surface area contributed by atoms with Crippen LogP contribution in [-0.4, -0.2) is 30.6 Å². The first kappa shape index (κ1) is 9.61. The Hall–Kier alpha value is -0.940. The van der Waals surface area contributed by atoms with Crippen molar-refractivity contribution in [3.63, 3.8) is 0 Å². The van der Waals surface area contributed by atoms with Gasteiger partial charge in [0.05, 0.1) is 12.1 Å². The van der Waals surface area contributed by atoms with Gasteiger partial charge in [-0.05, 0) is 6.42 Å². The van der Waals surface area contributed by atoms with Crippen LogP contribution in [0.1, 0.15) is 17.3 Å². The van der Waals surface area contributed by atoms with Crippen molar-refractivity contribution in [1.82, 2.24) is 10.3 Å². The number of nitrogens with one attached hydrogen (secondary N) is 1. The van der Waals surface area contributed by atoms with E-state index in [1.165, 1.54) is 7.11 Å². The summed E-state index contributed by atoms with van der Waals surface area (Å²) in [6, 6.07) is -0.158. The van der Waals surface area contributed by atoms with Gasteiger partial charge in [0.1, 0.15) is 6.04 Å². The van der Waals surface area contributed by atoms with Crippen molar-refractivity contribution in [3.05, 3.63) is 16.6 Å². The number of esters is 1. The van der Waals surface area contributed by atoms with Gasteiger partial charge in [-0.3, -0.25) is 4.79 Å². The quantitative estimate of drug-likeness (QED) is 0.735. The zero-order chi connectivity index (χ0) is 9.97. The molecule has 14 heavy (non-hydrogen) atoms. The molecule has 0 bridgehead atoms. The second-order valence-corrected chi connectivity index (χ2v) is 4.21. The van der Waals surface area contributed by atoms with Crippen LogP contribution in [0.3, 0.4) is 0 Å². The summed E-state index contributed by atoms with van der Waals surface area (Å²) in [5, 5.41) is 6.20. The summed E-state index contributed by atoms with van der Waals surface area (Å²) in [6.45, 7) is 0.813. The molecule has 2 rings (SSSR count). The smallest absolute Gasteiger partial charge is 0.322 e. The van der Waals surface area contributed by atoms with Gasteiger partial charge in [-0.25, -0.2) is 4.98 Å². The summed E-state index contributed by atoms with van der Waals surface area (Å²) in [5.74, 6) is 0.183. The standard InChI is InChI=1S/C9H12N2O2S/c1-13-9(12)7-4-6(5-11-7)8-10-2-3-14-8/h2-3,6-7,11H,4-5H2,1H3/t6?,7-/m0/s1. The normalized spacial score (nSPS) is 26.4. The summed E-state index contributed by atoms with van der Waals surface area (Å²) < 4.78 is 4.68. The Kier molecular flexibility index (Phi) is 2.79. The number of methoxy groups -OCH3 is 1. The molecular formula is C9H12N2O2S. The van der Waals surface area contributed by atoms with Crippen molar-refractivity contribution in [2.45, 2.75) is 18.4 Å². The monoisotopic (exact) mass is 212 g/mol. The topological polar surface area (TPSA) is 51.2 Å². The summed E-state index contributed by atoms with van der Waals surface area (Å²) in [6.07, 6.45) is 2.59. The molecule has 4 nitrogen and oxygen atoms in total. The van der Waals surface area contributed by atoms with E-state index in [0.717, 1.165) is 18.0 Å². The zero-order valence-corrected chi connectivity index (χ0v) is 8.71. The van der Waals surface area contributed by atoms with Crippen LogP contribution < -0.4 is 5.32 Å². The summed E-state index contributed by atoms with van der Waals surface area (Å²) >= 11 is 1.64. The molecule has 2 atom stereocenters. The fourth-order valence-corrected chi connectivity index (χ4v) is 2.44. The van der Waals surface area contributed by atoms with Crippen LogP contribution >= 0.6 is 11.3 Å². The van der Waals surface area contributed by atoms with E-state index < -0.39 is 0 Å². The third-order valence-electron chi connectivity index (χ3n) is 2.42. The zero-order valence-electron chi connectivity index (χ0n) is 7.90. The molecule has 1 aromatic rings. The lowest BCUT2D eigenvalue weighted by Gasteiger charge is -2.06. The number of carbonyl (C=O) groups is 1. The molecule has 0 spiro atoms. The second kappa shape index (κ2) is 4.06. The molecule has 0 saturated carbocycles. The van der Waals surface area contributed by atoms with Gasteiger partial charge in [-0.15, -0.1) is 11.3 Å². The lowest BCUT2D eigenvalue weighted by atomic mass is 10.1. The first-order valence-corrected chi connectivity index (χ1v) is 5.40. The minimum absolute atomic E-state index is 0.158. The van der Waals surface area contributed by atoms with Crippen molar-refractivity contribution in [1.29, 1.82) is 0 Å². The van der Waals surface area contributed by atoms with Crippen LogP contribution in [0.25, 0.3) is 0 Å². The maximum atomic E-state index is 11.2. The van der Waals surface area contributed by atoms with Crippen LogP contribution in [0.4, 0.5) is 0 Å². The number of carbonyl (C=O) groups excluding carboxylic acids is 1. The van der Waals surface area contributed by atoms with Gasteiger partial charge in [0.2, 0.25) is 0 Å². The molecule has 1 fully saturated rings. The third kappa shape index (κ3) is 1.78. The van der Waals surface area contributed by atoms with Crippen LogP contribution in [0.5, 0.6) is 0 Å². The van der Waals surface area contributed by atoms with E-state index in [9.17, 15) is 4.79 Å². The van der Waals surface area contributed by atoms with Gasteiger partial charge < -0.3 is 10.1 Å². The Morgan fingerprint density at radius 3 is 3.29 bits per heavy atom. The lowest BCUT2D eigenvalue weighted by molar-refractivity contribution is -0.142. The Bertz CT molecular complexity index is 313. The second-order valence-electron chi connectivity index (χ2n) is 3.29. The molecule has 0 amide bonds. The molecule has 0 radical (unpaired) electrons. The molecule has 0 aliphatic carbocycles. The van der Waals surface area contributed by atoms with E-state index in [2.05, 4.69) is 15.0 Å². The molecule has 0 aromatic carbocycles. The van der Waals surface area contributed by atoms with Crippen molar-refractivity contribution in [3.8, 4) is 0 Å². The Balaban J connectivity index is 1.98. The SMILES string of the molecule is COC(=O)[C@@H]1CC(c2nccs2)CN1. The highest BCUT2D eigenvalue weighted by Gasteiger charge is 2.31. The van der Waals surface area contributed by atoms with Gasteiger partial charge in [0, 0.05) is 24.0 Å². The molecule has 1 aromatic heterocycles. The Labute approximate surface area is 86.3 Å². The van der Waals surface area contributed by atoms with E-state index in [1.807, 2.05) is 5.38 Å². The van der Waals surface area contributed by atoms with E-state index >= 15 is 0 Å². The van der Waals surface area contributed by atoms with E-state index in [0.29, 0.717) is 5.92 Å². The molecule has 1 aliphatic rings. The fourth-order valence-electron chi connectivity index (χ4n) is 1.68. The molecule has 76 valence electrons. The van der Waals surface area contributed by atoms with Crippen molar-refractivity contribution in [2.24, 2.45) is 0 Å². The first-order chi connectivity index (χ1) is 6.81. The average molecular weight is 212 g/mol. The van der Waals surface area contributed by atoms with Crippen molar-refractivity contribution in [2.75, 3.05) is 13.7 Å². The van der Waals surface area contributed by atoms with Gasteiger partial charge in [0.15, 0.2) is 0 Å². The summed E-state index contributed by atoms with van der Waals surface area (Å²) in [4.78, 5) is 15.5. The van der Waals surface area contributed by atoms with Gasteiger partial charge in [-0.1, -0.05) is 0 Å². The summed E-state index contributed by atoms with van der Waals surface area (Å²) in [5.41, 5.74) is 0. The predicted octanol–water partition coefficient (Wildman–Crippen LogP) is 0.762. The van der Waals surface area contributed by atoms with Gasteiger partial charge >= 0.3 is 5.97 Å². The largest absolute Gasteiger partial charge is 0.468 e. The minimum Gasteiger partial charge on any atom is -0.468 e. The molecule has 2 heterocycles. The molecule has 1 N–H and O–H groups in total. The number of aromatic nitrogens is 1. The number of hydrogen-bond acceptors (Lipinski definition) is 5. The third-order valence-corrected chi connectivity index (χ3v) is 3.36. The minimum atomic E-state index is -0.177. The highest BCUT2D eigenvalue weighted by Crippen LogP contribution is 2.27. The number of hydrogen-bond donors (Lipinski definition) is 1. The molecular weight excluding hydrogens is 200 g/mol. The fraction of sp³-hybridized carbons (Fsp3) is 0.556. The molecule has 1 unspecified atom stereocenters. The Morgan fingerprint density at radius 2 is 2.64 bits per heavy atom. The number of ether oxygens (including phenoxy) is 1. The van der Waals surface area contributed by atoms with E-state index in [-0.39, 0.29) is 12.0 Å². The highest BCUT2D eigenvalue weighted by atomic mass is 32.1. The Morgan fingerprint density at radius 1 is 1.79 bits per heavy atom. The summed E-state index contributed by atoms with van der Waals surface area (Å²) in [7, 11) is 1.42. The van der Waals surface area contributed by atoms with Crippen LogP contribution in [0.15, 0.2) is 11.6 Å². The van der Waals surface area contributed by atoms with E-state index in [4.69, 9.17) is 0 Å². The first-order valence-electron chi connectivity index (χ1n) is 4.52. The van der Waals surface area contributed by atoms with Gasteiger partial charge in [0.25, 0.3) is 0 Å². The van der Waals surface area contributed by atoms with Crippen molar-refractivity contribution < 1.29 is 9.53 Å². The average Bonchev–Trinajstić information content (AvgIpc) is 2.86. The molecule has 1 saturated heterocycles. The van der Waals surface area contributed by atoms with Crippen molar-refractivity contribution >= 4 is 17.3 Å². The lowest BCUT2D eigenvalue weighted by Crippen LogP contribution is -2.31. The van der Waals surface area contributed by atoms with Crippen LogP contribution in [0, 0.1) is 0 Å². The van der Waals surface area contributed by atoms with Gasteiger partial charge in [-0.2, -0.15) is 0 Å². The molecule has 5 heteroatoms.